The van der Waals surface area contributed by atoms with Gasteiger partial charge in [-0.15, -0.1) is 0 Å². The van der Waals surface area contributed by atoms with Crippen molar-refractivity contribution >= 4 is 53.7 Å². The summed E-state index contributed by atoms with van der Waals surface area (Å²) in [4.78, 5) is 0. The first-order chi connectivity index (χ1) is 10.6. The highest BCUT2D eigenvalue weighted by atomic mass is 79.9. The average molecular weight is 415 g/mol. The van der Waals surface area contributed by atoms with Crippen molar-refractivity contribution in [3.63, 3.8) is 0 Å². The fourth-order valence-corrected chi connectivity index (χ4v) is 4.36. The maximum atomic E-state index is 3.57. The summed E-state index contributed by atoms with van der Waals surface area (Å²) in [6, 6.07) is 21.6. The number of hydrogen-bond acceptors (Lipinski definition) is 0. The van der Waals surface area contributed by atoms with E-state index in [0.29, 0.717) is 0 Å². The summed E-state index contributed by atoms with van der Waals surface area (Å²) in [5.41, 5.74) is 4.96. The first-order valence-electron chi connectivity index (χ1n) is 7.07. The number of nitrogens with zero attached hydrogens (tertiary/aromatic N) is 1. The number of para-hydroxylation sites is 1. The van der Waals surface area contributed by atoms with Gasteiger partial charge in [-0.05, 0) is 47.5 Å². The smallest absolute Gasteiger partial charge is 0.0489 e. The first kappa shape index (κ1) is 14.0. The van der Waals surface area contributed by atoms with Crippen molar-refractivity contribution in [2.24, 2.45) is 7.05 Å². The summed E-state index contributed by atoms with van der Waals surface area (Å²) in [5, 5.41) is 2.60. The molecular weight excluding hydrogens is 402 g/mol. The Morgan fingerprint density at radius 1 is 0.682 bits per heavy atom. The van der Waals surface area contributed by atoms with Gasteiger partial charge >= 0.3 is 0 Å². The molecule has 3 aromatic carbocycles. The molecule has 0 bridgehead atoms. The quantitative estimate of drug-likeness (QED) is 0.334. The number of fused-ring (bicyclic) bond motifs is 3. The average Bonchev–Trinajstić information content (AvgIpc) is 2.80. The normalized spacial score (nSPS) is 11.4. The van der Waals surface area contributed by atoms with Gasteiger partial charge in [-0.2, -0.15) is 0 Å². The van der Waals surface area contributed by atoms with Crippen molar-refractivity contribution in [3.8, 4) is 11.1 Å². The van der Waals surface area contributed by atoms with Crippen LogP contribution in [0.1, 0.15) is 0 Å². The predicted octanol–water partition coefficient (Wildman–Crippen LogP) is 6.52. The van der Waals surface area contributed by atoms with Crippen molar-refractivity contribution in [2.75, 3.05) is 0 Å². The van der Waals surface area contributed by atoms with E-state index in [9.17, 15) is 0 Å². The zero-order valence-electron chi connectivity index (χ0n) is 12.0. The minimum Gasteiger partial charge on any atom is -0.344 e. The van der Waals surface area contributed by atoms with Crippen LogP contribution in [0.5, 0.6) is 0 Å². The molecule has 0 saturated carbocycles. The second-order valence-electron chi connectivity index (χ2n) is 5.47. The molecule has 0 aliphatic heterocycles. The highest BCUT2D eigenvalue weighted by molar-refractivity contribution is 9.11. The zero-order valence-corrected chi connectivity index (χ0v) is 15.1. The molecule has 0 unspecified atom stereocenters. The lowest BCUT2D eigenvalue weighted by molar-refractivity contribution is 1.01. The van der Waals surface area contributed by atoms with E-state index >= 15 is 0 Å². The summed E-state index contributed by atoms with van der Waals surface area (Å²) in [5.74, 6) is 0. The Hall–Kier alpha value is -1.58. The highest BCUT2D eigenvalue weighted by Crippen LogP contribution is 2.33. The molecule has 1 nitrogen and oxygen atoms in total. The molecule has 4 rings (SSSR count). The van der Waals surface area contributed by atoms with Gasteiger partial charge in [-0.1, -0.05) is 56.1 Å². The second-order valence-corrected chi connectivity index (χ2v) is 7.30. The van der Waals surface area contributed by atoms with Crippen LogP contribution in [0.4, 0.5) is 0 Å². The van der Waals surface area contributed by atoms with Crippen molar-refractivity contribution in [1.29, 1.82) is 0 Å². The van der Waals surface area contributed by atoms with Crippen LogP contribution in [0.15, 0.2) is 69.6 Å². The van der Waals surface area contributed by atoms with Gasteiger partial charge in [0, 0.05) is 37.8 Å². The van der Waals surface area contributed by atoms with E-state index in [1.807, 2.05) is 0 Å². The number of halogens is 2. The molecule has 1 heterocycles. The summed E-state index contributed by atoms with van der Waals surface area (Å²) >= 11 is 7.14. The Balaban J connectivity index is 2.03. The number of hydrogen-bond donors (Lipinski definition) is 0. The first-order valence-corrected chi connectivity index (χ1v) is 8.66. The number of aryl methyl sites for hydroxylation is 1. The van der Waals surface area contributed by atoms with E-state index in [1.165, 1.54) is 32.9 Å². The van der Waals surface area contributed by atoms with Crippen LogP contribution in [0.2, 0.25) is 0 Å². The van der Waals surface area contributed by atoms with E-state index < -0.39 is 0 Å². The van der Waals surface area contributed by atoms with E-state index in [1.54, 1.807) is 0 Å². The van der Waals surface area contributed by atoms with Crippen LogP contribution in [-0.2, 0) is 7.05 Å². The number of benzene rings is 3. The van der Waals surface area contributed by atoms with E-state index in [-0.39, 0.29) is 0 Å². The molecule has 0 atom stereocenters. The van der Waals surface area contributed by atoms with Gasteiger partial charge in [-0.3, -0.25) is 0 Å². The van der Waals surface area contributed by atoms with Crippen LogP contribution in [0.3, 0.4) is 0 Å². The largest absolute Gasteiger partial charge is 0.344 e. The molecule has 0 fully saturated rings. The fraction of sp³-hybridized carbons (Fsp3) is 0.0526. The summed E-state index contributed by atoms with van der Waals surface area (Å²) in [6.07, 6.45) is 0. The van der Waals surface area contributed by atoms with Crippen LogP contribution in [0, 0.1) is 0 Å². The third-order valence-corrected chi connectivity index (χ3v) is 5.03. The van der Waals surface area contributed by atoms with Crippen LogP contribution in [-0.4, -0.2) is 4.57 Å². The Morgan fingerprint density at radius 3 is 2.14 bits per heavy atom. The van der Waals surface area contributed by atoms with Gasteiger partial charge in [0.25, 0.3) is 0 Å². The van der Waals surface area contributed by atoms with Gasteiger partial charge in [0.15, 0.2) is 0 Å². The molecule has 0 aliphatic rings. The lowest BCUT2D eigenvalue weighted by atomic mass is 10.0. The molecular formula is C19H13Br2N. The topological polar surface area (TPSA) is 4.93 Å². The minimum absolute atomic E-state index is 1.08. The molecule has 3 heteroatoms. The van der Waals surface area contributed by atoms with Crippen molar-refractivity contribution in [2.45, 2.75) is 0 Å². The maximum Gasteiger partial charge on any atom is 0.0489 e. The fourth-order valence-electron chi connectivity index (χ4n) is 3.07. The summed E-state index contributed by atoms with van der Waals surface area (Å²) < 4.78 is 4.41. The molecule has 0 radical (unpaired) electrons. The molecule has 22 heavy (non-hydrogen) atoms. The zero-order chi connectivity index (χ0) is 15.3. The second kappa shape index (κ2) is 5.25. The SMILES string of the molecule is Cn1c2ccccc2c2cc(-c3cc(Br)cc(Br)c3)ccc21. The van der Waals surface area contributed by atoms with Crippen molar-refractivity contribution in [3.05, 3.63) is 69.6 Å². The van der Waals surface area contributed by atoms with E-state index in [4.69, 9.17) is 0 Å². The number of aromatic nitrogens is 1. The van der Waals surface area contributed by atoms with Gasteiger partial charge in [-0.25, -0.2) is 0 Å². The molecule has 0 spiro atoms. The van der Waals surface area contributed by atoms with Crippen molar-refractivity contribution in [1.82, 2.24) is 4.57 Å². The molecule has 0 aliphatic carbocycles. The molecule has 0 saturated heterocycles. The Labute approximate surface area is 145 Å². The Bertz CT molecular complexity index is 994. The molecule has 4 aromatic rings. The van der Waals surface area contributed by atoms with Gasteiger partial charge in [0.05, 0.1) is 0 Å². The monoisotopic (exact) mass is 413 g/mol. The standard InChI is InChI=1S/C19H13Br2N/c1-22-18-5-3-2-4-16(18)17-10-12(6-7-19(17)22)13-8-14(20)11-15(21)9-13/h2-11H,1H3. The van der Waals surface area contributed by atoms with Crippen LogP contribution in [0.25, 0.3) is 32.9 Å². The molecule has 0 amide bonds. The molecule has 1 aromatic heterocycles. The van der Waals surface area contributed by atoms with Gasteiger partial charge in [0.2, 0.25) is 0 Å². The number of rotatable bonds is 1. The van der Waals surface area contributed by atoms with Gasteiger partial charge in [0.1, 0.15) is 0 Å². The summed E-state index contributed by atoms with van der Waals surface area (Å²) in [6.45, 7) is 0. The predicted molar refractivity (Wildman–Crippen MR) is 101 cm³/mol. The van der Waals surface area contributed by atoms with E-state index in [2.05, 4.69) is 104 Å². The van der Waals surface area contributed by atoms with Gasteiger partial charge < -0.3 is 4.57 Å². The summed E-state index contributed by atoms with van der Waals surface area (Å²) in [7, 11) is 2.13. The lowest BCUT2D eigenvalue weighted by Crippen LogP contribution is -1.86. The van der Waals surface area contributed by atoms with E-state index in [0.717, 1.165) is 8.95 Å². The lowest BCUT2D eigenvalue weighted by Gasteiger charge is -2.05. The molecule has 0 N–H and O–H groups in total. The Kier molecular flexibility index (Phi) is 3.35. The highest BCUT2D eigenvalue weighted by Gasteiger charge is 2.09. The minimum atomic E-state index is 1.08. The van der Waals surface area contributed by atoms with Crippen LogP contribution >= 0.6 is 31.9 Å². The molecule has 108 valence electrons. The van der Waals surface area contributed by atoms with Crippen molar-refractivity contribution < 1.29 is 0 Å². The van der Waals surface area contributed by atoms with Crippen LogP contribution < -0.4 is 0 Å². The third kappa shape index (κ3) is 2.20. The maximum absolute atomic E-state index is 3.57. The Morgan fingerprint density at radius 2 is 1.36 bits per heavy atom. The third-order valence-electron chi connectivity index (χ3n) is 4.11.